The fourth-order valence-corrected chi connectivity index (χ4v) is 11.9. The van der Waals surface area contributed by atoms with E-state index in [2.05, 4.69) is 31.0 Å². The lowest BCUT2D eigenvalue weighted by atomic mass is 9.73. The van der Waals surface area contributed by atoms with Crippen LogP contribution in [0.5, 0.6) is 0 Å². The van der Waals surface area contributed by atoms with Gasteiger partial charge in [-0.25, -0.2) is 0 Å². The smallest absolute Gasteiger partial charge is 0.227 e. The van der Waals surface area contributed by atoms with Crippen LogP contribution in [0.4, 0.5) is 0 Å². The lowest BCUT2D eigenvalue weighted by Gasteiger charge is -2.37. The number of hydrogen-bond donors (Lipinski definition) is 1. The fraction of sp³-hybridized carbons (Fsp3) is 0.867. The molecule has 4 aliphatic carbocycles. The third kappa shape index (κ3) is 7.66. The zero-order chi connectivity index (χ0) is 39.2. The standard InChI is InChI=1S/C45H71N3O6/c1-8-14-31(39(52)37(51)23-29-17-18-29)24-35(49)34-26-45(43(6,7)44(45)20-13-21-44)28-48(34)41(54)33(42(3,4)5)25-36(50)38(30-15-11-10-12-16-30)46-40(53)32-19-22-47(9-2)27-32/h29-34,38H,8-28H2,1-7H3,(H,46,53)/t31-,32+,33-,34+,38+,45-/m1/s1. The van der Waals surface area contributed by atoms with E-state index < -0.39 is 35.1 Å². The molecule has 2 spiro atoms. The van der Waals surface area contributed by atoms with Crippen LogP contribution in [-0.4, -0.2) is 83.0 Å². The molecule has 1 N–H and O–H groups in total. The van der Waals surface area contributed by atoms with Crippen molar-refractivity contribution in [2.45, 2.75) is 170 Å². The number of rotatable bonds is 17. The minimum atomic E-state index is -0.680. The van der Waals surface area contributed by atoms with Crippen LogP contribution in [0.3, 0.4) is 0 Å². The second-order valence-electron chi connectivity index (χ2n) is 20.3. The molecule has 4 saturated carbocycles. The van der Waals surface area contributed by atoms with Crippen LogP contribution < -0.4 is 5.32 Å². The van der Waals surface area contributed by atoms with Crippen molar-refractivity contribution in [2.75, 3.05) is 26.2 Å². The summed E-state index contributed by atoms with van der Waals surface area (Å²) >= 11 is 0. The summed E-state index contributed by atoms with van der Waals surface area (Å²) in [6, 6.07) is -1.30. The molecule has 54 heavy (non-hydrogen) atoms. The highest BCUT2D eigenvalue weighted by Crippen LogP contribution is 2.88. The van der Waals surface area contributed by atoms with Gasteiger partial charge in [0.2, 0.25) is 17.6 Å². The van der Waals surface area contributed by atoms with Gasteiger partial charge in [-0.1, -0.05) is 80.6 Å². The molecule has 302 valence electrons. The van der Waals surface area contributed by atoms with Gasteiger partial charge in [-0.2, -0.15) is 0 Å². The minimum Gasteiger partial charge on any atom is -0.346 e. The molecule has 0 aromatic rings. The molecule has 9 nitrogen and oxygen atoms in total. The molecule has 9 heteroatoms. The second kappa shape index (κ2) is 15.8. The van der Waals surface area contributed by atoms with Crippen LogP contribution in [-0.2, 0) is 28.8 Å². The molecule has 6 fully saturated rings. The average Bonchev–Trinajstić information content (AvgIpc) is 3.79. The van der Waals surface area contributed by atoms with E-state index in [0.717, 1.165) is 83.7 Å². The van der Waals surface area contributed by atoms with Crippen LogP contribution in [0.1, 0.15) is 158 Å². The van der Waals surface area contributed by atoms with E-state index in [0.29, 0.717) is 38.3 Å². The molecule has 6 aliphatic rings. The monoisotopic (exact) mass is 750 g/mol. The zero-order valence-corrected chi connectivity index (χ0v) is 34.7. The Morgan fingerprint density at radius 3 is 2.07 bits per heavy atom. The van der Waals surface area contributed by atoms with Crippen molar-refractivity contribution < 1.29 is 28.8 Å². The molecule has 0 aromatic heterocycles. The maximum Gasteiger partial charge on any atom is 0.227 e. The maximum atomic E-state index is 15.2. The van der Waals surface area contributed by atoms with E-state index in [1.165, 1.54) is 0 Å². The van der Waals surface area contributed by atoms with Crippen LogP contribution >= 0.6 is 0 Å². The lowest BCUT2D eigenvalue weighted by molar-refractivity contribution is -0.147. The Hall–Kier alpha value is -2.42. The summed E-state index contributed by atoms with van der Waals surface area (Å²) in [7, 11) is 0. The normalized spacial score (nSPS) is 29.4. The number of carbonyl (C=O) groups excluding carboxylic acids is 6. The van der Waals surface area contributed by atoms with Crippen molar-refractivity contribution in [1.82, 2.24) is 15.1 Å². The van der Waals surface area contributed by atoms with Crippen LogP contribution in [0, 0.1) is 51.2 Å². The highest BCUT2D eigenvalue weighted by molar-refractivity contribution is 6.38. The molecular weight excluding hydrogens is 679 g/mol. The van der Waals surface area contributed by atoms with Crippen LogP contribution in [0.25, 0.3) is 0 Å². The second-order valence-corrected chi connectivity index (χ2v) is 20.3. The Labute approximate surface area is 325 Å². The van der Waals surface area contributed by atoms with E-state index >= 15 is 4.79 Å². The predicted molar refractivity (Wildman–Crippen MR) is 209 cm³/mol. The van der Waals surface area contributed by atoms with Gasteiger partial charge in [0.15, 0.2) is 17.3 Å². The minimum absolute atomic E-state index is 0.0150. The summed E-state index contributed by atoms with van der Waals surface area (Å²) in [5.41, 5.74) is -0.683. The number of nitrogens with zero attached hydrogens (tertiary/aromatic N) is 2. The largest absolute Gasteiger partial charge is 0.346 e. The first-order chi connectivity index (χ1) is 25.5. The van der Waals surface area contributed by atoms with Crippen molar-refractivity contribution in [1.29, 1.82) is 0 Å². The Bertz CT molecular complexity index is 1470. The van der Waals surface area contributed by atoms with Gasteiger partial charge < -0.3 is 15.1 Å². The number of amides is 2. The number of hydrogen-bond acceptors (Lipinski definition) is 7. The summed E-state index contributed by atoms with van der Waals surface area (Å²) in [5.74, 6) is -2.27. The quantitative estimate of drug-likeness (QED) is 0.157. The number of Topliss-reactive ketones (excluding diaryl/α,β-unsaturated/α-hetero) is 4. The van der Waals surface area contributed by atoms with Crippen molar-refractivity contribution in [2.24, 2.45) is 51.2 Å². The van der Waals surface area contributed by atoms with Gasteiger partial charge in [-0.15, -0.1) is 0 Å². The number of carbonyl (C=O) groups is 6. The first kappa shape index (κ1) is 41.2. The van der Waals surface area contributed by atoms with Crippen molar-refractivity contribution in [3.05, 3.63) is 0 Å². The van der Waals surface area contributed by atoms with Gasteiger partial charge in [0, 0.05) is 49.6 Å². The number of ketones is 4. The van der Waals surface area contributed by atoms with E-state index in [-0.39, 0.29) is 76.5 Å². The molecule has 2 amide bonds. The fourth-order valence-electron chi connectivity index (χ4n) is 11.9. The third-order valence-corrected chi connectivity index (χ3v) is 16.0. The van der Waals surface area contributed by atoms with Crippen molar-refractivity contribution >= 4 is 34.9 Å². The first-order valence-electron chi connectivity index (χ1n) is 22.0. The molecule has 2 saturated heterocycles. The highest BCUT2D eigenvalue weighted by Gasteiger charge is 2.85. The van der Waals surface area contributed by atoms with Gasteiger partial charge in [0.1, 0.15) is 0 Å². The molecule has 0 unspecified atom stereocenters. The highest BCUT2D eigenvalue weighted by atomic mass is 16.2. The SMILES string of the molecule is CCC[C@H](CC(=O)[C@@H]1C[C@@]2(CN1C(=O)[C@@H](CC(=O)[C@@H](NC(=O)[C@H]1CCN(CC)C1)C1CCCCC1)C(C)(C)C)C(C)(C)C21CCC1)C(=O)C(=O)CC1CC1. The number of fused-ring (bicyclic) bond motifs is 1. The molecule has 6 rings (SSSR count). The lowest BCUT2D eigenvalue weighted by Crippen LogP contribution is -2.52. The topological polar surface area (TPSA) is 121 Å². The van der Waals surface area contributed by atoms with E-state index in [4.69, 9.17) is 0 Å². The summed E-state index contributed by atoms with van der Waals surface area (Å²) in [6.07, 6.45) is 13.1. The predicted octanol–water partition coefficient (Wildman–Crippen LogP) is 7.13. The van der Waals surface area contributed by atoms with Crippen molar-refractivity contribution in [3.8, 4) is 0 Å². The molecule has 0 bridgehead atoms. The van der Waals surface area contributed by atoms with E-state index in [9.17, 15) is 24.0 Å². The maximum absolute atomic E-state index is 15.2. The van der Waals surface area contributed by atoms with Crippen LogP contribution in [0.2, 0.25) is 0 Å². The zero-order valence-electron chi connectivity index (χ0n) is 34.7. The molecule has 0 aromatic carbocycles. The molecule has 0 radical (unpaired) electrons. The van der Waals surface area contributed by atoms with Crippen molar-refractivity contribution in [3.63, 3.8) is 0 Å². The molecule has 6 atom stereocenters. The Kier molecular flexibility index (Phi) is 12.1. The molecule has 2 heterocycles. The first-order valence-corrected chi connectivity index (χ1v) is 22.0. The average molecular weight is 750 g/mol. The Morgan fingerprint density at radius 1 is 0.852 bits per heavy atom. The number of nitrogens with one attached hydrogen (secondary N) is 1. The Morgan fingerprint density at radius 2 is 1.54 bits per heavy atom. The number of likely N-dealkylation sites (tertiary alicyclic amines) is 2. The van der Waals surface area contributed by atoms with Gasteiger partial charge in [-0.05, 0) is 99.0 Å². The Balaban J connectivity index is 1.25. The molecular formula is C45H71N3O6. The van der Waals surface area contributed by atoms with E-state index in [1.54, 1.807) is 0 Å². The van der Waals surface area contributed by atoms with Gasteiger partial charge in [0.05, 0.1) is 18.0 Å². The van der Waals surface area contributed by atoms with Gasteiger partial charge >= 0.3 is 0 Å². The summed E-state index contributed by atoms with van der Waals surface area (Å²) in [4.78, 5) is 88.6. The summed E-state index contributed by atoms with van der Waals surface area (Å²) < 4.78 is 0. The summed E-state index contributed by atoms with van der Waals surface area (Å²) in [6.45, 7) is 17.7. The van der Waals surface area contributed by atoms with Gasteiger partial charge in [0.25, 0.3) is 0 Å². The van der Waals surface area contributed by atoms with Gasteiger partial charge in [-0.3, -0.25) is 28.8 Å². The summed E-state index contributed by atoms with van der Waals surface area (Å²) in [5, 5.41) is 3.24. The van der Waals surface area contributed by atoms with Crippen LogP contribution in [0.15, 0.2) is 0 Å². The molecule has 2 aliphatic heterocycles. The van der Waals surface area contributed by atoms with E-state index in [1.807, 2.05) is 32.6 Å². The third-order valence-electron chi connectivity index (χ3n) is 16.0.